The van der Waals surface area contributed by atoms with Gasteiger partial charge in [0.2, 0.25) is 5.91 Å². The van der Waals surface area contributed by atoms with Gasteiger partial charge in [-0.25, -0.2) is 9.97 Å². The lowest BCUT2D eigenvalue weighted by Crippen LogP contribution is -2.28. The van der Waals surface area contributed by atoms with E-state index in [1.165, 1.54) is 0 Å². The molecule has 2 aromatic heterocycles. The van der Waals surface area contributed by atoms with E-state index >= 15 is 0 Å². The second-order valence-electron chi connectivity index (χ2n) is 7.37. The van der Waals surface area contributed by atoms with Crippen LogP contribution in [0.5, 0.6) is 0 Å². The molecule has 0 bridgehead atoms. The number of fused-ring (bicyclic) bond motifs is 1. The molecular formula is C23H31N5O3. The molecule has 8 heteroatoms. The topological polar surface area (TPSA) is 104 Å². The molecule has 0 fully saturated rings. The molecule has 0 saturated heterocycles. The highest BCUT2D eigenvalue weighted by atomic mass is 16.5. The fourth-order valence-electron chi connectivity index (χ4n) is 3.38. The average Bonchev–Trinajstić information content (AvgIpc) is 3.10. The Morgan fingerprint density at radius 2 is 1.94 bits per heavy atom. The highest BCUT2D eigenvalue weighted by molar-refractivity contribution is 5.85. The van der Waals surface area contributed by atoms with Gasteiger partial charge in [0.05, 0.1) is 12.1 Å². The number of pyridine rings is 1. The molecule has 3 rings (SSSR count). The number of hydrogen-bond acceptors (Lipinski definition) is 6. The number of carbonyl (C=O) groups is 1. The second kappa shape index (κ2) is 11.4. The fraction of sp³-hybridized carbons (Fsp3) is 0.435. The van der Waals surface area contributed by atoms with Crippen molar-refractivity contribution in [1.82, 2.24) is 19.9 Å². The summed E-state index contributed by atoms with van der Waals surface area (Å²) in [6, 6.07) is 11.8. The van der Waals surface area contributed by atoms with Crippen LogP contribution >= 0.6 is 0 Å². The highest BCUT2D eigenvalue weighted by Gasteiger charge is 2.14. The zero-order valence-corrected chi connectivity index (χ0v) is 18.3. The van der Waals surface area contributed by atoms with Gasteiger partial charge in [-0.3, -0.25) is 4.79 Å². The first-order valence-electron chi connectivity index (χ1n) is 10.7. The Bertz CT molecular complexity index is 988. The number of nitrogens with two attached hydrogens (primary N) is 1. The molecular weight excluding hydrogens is 394 g/mol. The summed E-state index contributed by atoms with van der Waals surface area (Å²) in [5.74, 6) is 1.18. The molecule has 0 aliphatic rings. The van der Waals surface area contributed by atoms with Gasteiger partial charge in [-0.1, -0.05) is 30.3 Å². The number of ether oxygens (including phenoxy) is 2. The molecule has 0 aliphatic heterocycles. The molecule has 31 heavy (non-hydrogen) atoms. The number of amides is 1. The number of nitrogen functional groups attached to an aromatic ring is 1. The number of hydrogen-bond donors (Lipinski definition) is 2. The third kappa shape index (κ3) is 6.50. The molecule has 0 unspecified atom stereocenters. The van der Waals surface area contributed by atoms with E-state index < -0.39 is 0 Å². The summed E-state index contributed by atoms with van der Waals surface area (Å²) >= 11 is 0. The van der Waals surface area contributed by atoms with E-state index in [-0.39, 0.29) is 12.5 Å². The van der Waals surface area contributed by atoms with E-state index in [2.05, 4.69) is 19.9 Å². The van der Waals surface area contributed by atoms with Crippen molar-refractivity contribution in [3.63, 3.8) is 0 Å². The van der Waals surface area contributed by atoms with Crippen molar-refractivity contribution in [3.05, 3.63) is 53.5 Å². The van der Waals surface area contributed by atoms with Crippen LogP contribution < -0.4 is 11.1 Å². The Kier molecular flexibility index (Phi) is 8.37. The van der Waals surface area contributed by atoms with Crippen LogP contribution in [-0.2, 0) is 34.0 Å². The van der Waals surface area contributed by atoms with Crippen LogP contribution in [0.25, 0.3) is 11.0 Å². The molecule has 0 atom stereocenters. The van der Waals surface area contributed by atoms with Crippen molar-refractivity contribution in [2.24, 2.45) is 0 Å². The molecule has 2 heterocycles. The maximum absolute atomic E-state index is 12.0. The van der Waals surface area contributed by atoms with Gasteiger partial charge in [-0.15, -0.1) is 0 Å². The van der Waals surface area contributed by atoms with Crippen LogP contribution in [0, 0.1) is 6.92 Å². The lowest BCUT2D eigenvalue weighted by Gasteiger charge is -2.10. The summed E-state index contributed by atoms with van der Waals surface area (Å²) in [5, 5.41) is 2.91. The van der Waals surface area contributed by atoms with Gasteiger partial charge in [0.1, 0.15) is 24.6 Å². The summed E-state index contributed by atoms with van der Waals surface area (Å²) in [7, 11) is 0. The van der Waals surface area contributed by atoms with Gasteiger partial charge in [0, 0.05) is 25.4 Å². The number of carbonyl (C=O) groups excluding carboxylic acids is 1. The number of nitrogens with one attached hydrogen (secondary N) is 1. The molecule has 1 amide bonds. The minimum atomic E-state index is -0.101. The van der Waals surface area contributed by atoms with Crippen molar-refractivity contribution >= 4 is 22.8 Å². The van der Waals surface area contributed by atoms with Crippen LogP contribution in [0.2, 0.25) is 0 Å². The Balaban J connectivity index is 1.46. The highest BCUT2D eigenvalue weighted by Crippen LogP contribution is 2.22. The fourth-order valence-corrected chi connectivity index (χ4v) is 3.38. The summed E-state index contributed by atoms with van der Waals surface area (Å²) in [6.07, 6.45) is 1.73. The summed E-state index contributed by atoms with van der Waals surface area (Å²) < 4.78 is 13.2. The number of unbranched alkanes of at least 4 members (excludes halogenated alkanes) is 1. The Hall–Kier alpha value is -2.97. The molecule has 3 N–H and O–H groups in total. The van der Waals surface area contributed by atoms with Crippen LogP contribution in [0.4, 0.5) is 5.82 Å². The van der Waals surface area contributed by atoms with E-state index in [1.807, 2.05) is 50.2 Å². The first kappa shape index (κ1) is 22.7. The largest absolute Gasteiger partial charge is 0.382 e. The van der Waals surface area contributed by atoms with Crippen LogP contribution in [0.3, 0.4) is 0 Å². The van der Waals surface area contributed by atoms with Crippen LogP contribution in [-0.4, -0.2) is 40.2 Å². The van der Waals surface area contributed by atoms with Gasteiger partial charge < -0.3 is 25.1 Å². The summed E-state index contributed by atoms with van der Waals surface area (Å²) in [4.78, 5) is 20.9. The van der Waals surface area contributed by atoms with Gasteiger partial charge >= 0.3 is 0 Å². The summed E-state index contributed by atoms with van der Waals surface area (Å²) in [5.41, 5.74) is 9.66. The predicted octanol–water partition coefficient (Wildman–Crippen LogP) is 2.97. The van der Waals surface area contributed by atoms with E-state index in [0.29, 0.717) is 37.7 Å². The Morgan fingerprint density at radius 1 is 1.13 bits per heavy atom. The quantitative estimate of drug-likeness (QED) is 0.432. The number of aryl methyl sites for hydroxylation is 2. The van der Waals surface area contributed by atoms with E-state index in [9.17, 15) is 4.79 Å². The van der Waals surface area contributed by atoms with Crippen molar-refractivity contribution < 1.29 is 14.3 Å². The minimum absolute atomic E-state index is 0.0606. The lowest BCUT2D eigenvalue weighted by molar-refractivity contribution is -0.126. The SMILES string of the molecule is CCOCc1nc2c(N)nc(C)cc2n1CCCCNC(=O)COCc1ccccc1. The van der Waals surface area contributed by atoms with E-state index in [1.54, 1.807) is 0 Å². The van der Waals surface area contributed by atoms with Crippen molar-refractivity contribution in [1.29, 1.82) is 0 Å². The van der Waals surface area contributed by atoms with E-state index in [0.717, 1.165) is 42.0 Å². The number of anilines is 1. The first-order chi connectivity index (χ1) is 15.1. The molecule has 8 nitrogen and oxygen atoms in total. The first-order valence-corrected chi connectivity index (χ1v) is 10.7. The van der Waals surface area contributed by atoms with Crippen molar-refractivity contribution in [3.8, 4) is 0 Å². The maximum Gasteiger partial charge on any atom is 0.246 e. The summed E-state index contributed by atoms with van der Waals surface area (Å²) in [6.45, 7) is 6.79. The Morgan fingerprint density at radius 3 is 2.71 bits per heavy atom. The molecule has 0 spiro atoms. The molecule has 0 saturated carbocycles. The maximum atomic E-state index is 12.0. The zero-order chi connectivity index (χ0) is 22.1. The molecule has 166 valence electrons. The van der Waals surface area contributed by atoms with Gasteiger partial charge in [-0.05, 0) is 38.3 Å². The van der Waals surface area contributed by atoms with Crippen molar-refractivity contribution in [2.45, 2.75) is 46.4 Å². The van der Waals surface area contributed by atoms with Crippen LogP contribution in [0.15, 0.2) is 36.4 Å². The number of benzene rings is 1. The Labute approximate surface area is 182 Å². The minimum Gasteiger partial charge on any atom is -0.382 e. The van der Waals surface area contributed by atoms with Gasteiger partial charge in [0.15, 0.2) is 5.82 Å². The monoisotopic (exact) mass is 425 g/mol. The smallest absolute Gasteiger partial charge is 0.246 e. The predicted molar refractivity (Wildman–Crippen MR) is 120 cm³/mol. The third-order valence-electron chi connectivity index (χ3n) is 4.88. The van der Waals surface area contributed by atoms with Gasteiger partial charge in [-0.2, -0.15) is 0 Å². The molecule has 1 aromatic carbocycles. The normalized spacial score (nSPS) is 11.2. The van der Waals surface area contributed by atoms with Crippen LogP contribution in [0.1, 0.15) is 36.8 Å². The standard InChI is InChI=1S/C23H31N5O3/c1-3-30-15-20-27-22-19(13-17(2)26-23(22)24)28(20)12-8-7-11-25-21(29)16-31-14-18-9-5-4-6-10-18/h4-6,9-10,13H,3,7-8,11-12,14-16H2,1-2H3,(H2,24,26)(H,25,29). The van der Waals surface area contributed by atoms with Crippen molar-refractivity contribution in [2.75, 3.05) is 25.5 Å². The molecule has 0 aliphatic carbocycles. The number of imidazole rings is 1. The number of nitrogens with zero attached hydrogens (tertiary/aromatic N) is 3. The molecule has 0 radical (unpaired) electrons. The van der Waals surface area contributed by atoms with E-state index in [4.69, 9.17) is 15.2 Å². The molecule has 3 aromatic rings. The van der Waals surface area contributed by atoms with Gasteiger partial charge in [0.25, 0.3) is 0 Å². The lowest BCUT2D eigenvalue weighted by atomic mass is 10.2. The zero-order valence-electron chi connectivity index (χ0n) is 18.3. The third-order valence-corrected chi connectivity index (χ3v) is 4.88. The number of aromatic nitrogens is 3. The second-order valence-corrected chi connectivity index (χ2v) is 7.37. The average molecular weight is 426 g/mol. The number of rotatable bonds is 12.